The number of carboxylic acid groups (broad SMARTS) is 1. The molecular weight excluding hydrogens is 264 g/mol. The van der Waals surface area contributed by atoms with Crippen molar-refractivity contribution in [3.8, 4) is 5.75 Å². The van der Waals surface area contributed by atoms with Crippen molar-refractivity contribution in [3.05, 3.63) is 42.2 Å². The van der Waals surface area contributed by atoms with Crippen molar-refractivity contribution in [1.82, 2.24) is 9.97 Å². The molecule has 0 bridgehead atoms. The summed E-state index contributed by atoms with van der Waals surface area (Å²) in [6, 6.07) is 6.67. The van der Waals surface area contributed by atoms with Crippen LogP contribution in [0.4, 0.5) is 0 Å². The topological polar surface area (TPSA) is 72.3 Å². The van der Waals surface area contributed by atoms with Crippen molar-refractivity contribution < 1.29 is 14.6 Å². The Morgan fingerprint density at radius 1 is 1.26 bits per heavy atom. The molecule has 0 aliphatic rings. The summed E-state index contributed by atoms with van der Waals surface area (Å²) in [6.07, 6.45) is 3.19. The highest BCUT2D eigenvalue weighted by Crippen LogP contribution is 2.33. The average molecular weight is 276 g/mol. The lowest BCUT2D eigenvalue weighted by Crippen LogP contribution is -2.01. The standard InChI is InChI=1S/C13H12N2O3S/c1-2-18-10-6-4-8-15-12(10)19-11-9(13(16)17)5-3-7-14-11/h3-8H,2H2,1H3,(H,16,17). The first kappa shape index (κ1) is 13.4. The van der Waals surface area contributed by atoms with Gasteiger partial charge in [-0.25, -0.2) is 14.8 Å². The molecule has 0 saturated carbocycles. The lowest BCUT2D eigenvalue weighted by molar-refractivity contribution is 0.0692. The van der Waals surface area contributed by atoms with Crippen molar-refractivity contribution in [2.24, 2.45) is 0 Å². The number of aromatic carboxylic acids is 1. The zero-order chi connectivity index (χ0) is 13.7. The van der Waals surface area contributed by atoms with Crippen molar-refractivity contribution in [1.29, 1.82) is 0 Å². The zero-order valence-corrected chi connectivity index (χ0v) is 11.1. The van der Waals surface area contributed by atoms with E-state index >= 15 is 0 Å². The highest BCUT2D eigenvalue weighted by atomic mass is 32.2. The predicted molar refractivity (Wildman–Crippen MR) is 70.7 cm³/mol. The van der Waals surface area contributed by atoms with Crippen LogP contribution in [-0.2, 0) is 0 Å². The molecule has 0 aliphatic heterocycles. The Bertz CT molecular complexity index is 590. The highest BCUT2D eigenvalue weighted by molar-refractivity contribution is 7.99. The minimum Gasteiger partial charge on any atom is -0.491 e. The molecule has 0 saturated heterocycles. The summed E-state index contributed by atoms with van der Waals surface area (Å²) >= 11 is 1.18. The second kappa shape index (κ2) is 6.19. The van der Waals surface area contributed by atoms with Gasteiger partial charge >= 0.3 is 5.97 Å². The molecule has 6 heteroatoms. The molecule has 0 aromatic carbocycles. The minimum absolute atomic E-state index is 0.153. The summed E-state index contributed by atoms with van der Waals surface area (Å²) in [5.41, 5.74) is 0.153. The van der Waals surface area contributed by atoms with Crippen molar-refractivity contribution in [2.45, 2.75) is 17.0 Å². The number of carbonyl (C=O) groups is 1. The second-order valence-corrected chi connectivity index (χ2v) is 4.48. The van der Waals surface area contributed by atoms with Crippen LogP contribution in [0.3, 0.4) is 0 Å². The molecule has 2 aromatic heterocycles. The summed E-state index contributed by atoms with van der Waals surface area (Å²) in [5.74, 6) is -0.388. The van der Waals surface area contributed by atoms with Crippen LogP contribution in [0.15, 0.2) is 46.7 Å². The van der Waals surface area contributed by atoms with E-state index in [9.17, 15) is 4.79 Å². The number of aromatic nitrogens is 2. The van der Waals surface area contributed by atoms with E-state index in [4.69, 9.17) is 9.84 Å². The van der Waals surface area contributed by atoms with E-state index in [1.54, 1.807) is 30.6 Å². The molecule has 0 spiro atoms. The Morgan fingerprint density at radius 2 is 1.95 bits per heavy atom. The van der Waals surface area contributed by atoms with Gasteiger partial charge in [-0.1, -0.05) is 0 Å². The highest BCUT2D eigenvalue weighted by Gasteiger charge is 2.14. The monoisotopic (exact) mass is 276 g/mol. The van der Waals surface area contributed by atoms with Gasteiger partial charge < -0.3 is 9.84 Å². The first-order valence-corrected chi connectivity index (χ1v) is 6.48. The van der Waals surface area contributed by atoms with Gasteiger partial charge in [-0.3, -0.25) is 0 Å². The molecule has 0 amide bonds. The number of ether oxygens (including phenoxy) is 1. The molecule has 5 nitrogen and oxygen atoms in total. The molecule has 2 heterocycles. The number of nitrogens with zero attached hydrogens (tertiary/aromatic N) is 2. The largest absolute Gasteiger partial charge is 0.491 e. The summed E-state index contributed by atoms with van der Waals surface area (Å²) in [7, 11) is 0. The zero-order valence-electron chi connectivity index (χ0n) is 10.2. The lowest BCUT2D eigenvalue weighted by atomic mass is 10.3. The molecule has 0 fully saturated rings. The van der Waals surface area contributed by atoms with Crippen LogP contribution in [0.25, 0.3) is 0 Å². The van der Waals surface area contributed by atoms with Crippen LogP contribution < -0.4 is 4.74 Å². The molecule has 0 atom stereocenters. The Kier molecular flexibility index (Phi) is 4.35. The van der Waals surface area contributed by atoms with Gasteiger partial charge in [-0.15, -0.1) is 0 Å². The molecule has 19 heavy (non-hydrogen) atoms. The Labute approximate surface area is 114 Å². The quantitative estimate of drug-likeness (QED) is 0.905. The molecule has 2 rings (SSSR count). The molecule has 1 N–H and O–H groups in total. The van der Waals surface area contributed by atoms with Crippen LogP contribution in [-0.4, -0.2) is 27.7 Å². The number of rotatable bonds is 5. The maximum absolute atomic E-state index is 11.1. The maximum atomic E-state index is 11.1. The van der Waals surface area contributed by atoms with Crippen LogP contribution in [0.1, 0.15) is 17.3 Å². The number of carboxylic acids is 1. The molecule has 2 aromatic rings. The van der Waals surface area contributed by atoms with Gasteiger partial charge in [-0.05, 0) is 43.0 Å². The van der Waals surface area contributed by atoms with E-state index in [1.807, 2.05) is 6.92 Å². The molecular formula is C13H12N2O3S. The summed E-state index contributed by atoms with van der Waals surface area (Å²) in [6.45, 7) is 2.40. The third-order valence-electron chi connectivity index (χ3n) is 2.23. The summed E-state index contributed by atoms with van der Waals surface area (Å²) < 4.78 is 5.45. The van der Waals surface area contributed by atoms with E-state index in [2.05, 4.69) is 9.97 Å². The van der Waals surface area contributed by atoms with Gasteiger partial charge in [0.05, 0.1) is 12.2 Å². The summed E-state index contributed by atoms with van der Waals surface area (Å²) in [4.78, 5) is 19.4. The maximum Gasteiger partial charge on any atom is 0.338 e. The Balaban J connectivity index is 2.34. The Morgan fingerprint density at radius 3 is 2.63 bits per heavy atom. The van der Waals surface area contributed by atoms with Gasteiger partial charge in [0.1, 0.15) is 10.1 Å². The fourth-order valence-electron chi connectivity index (χ4n) is 1.44. The molecule has 0 aliphatic carbocycles. The number of hydrogen-bond donors (Lipinski definition) is 1. The van der Waals surface area contributed by atoms with Gasteiger partial charge in [0.2, 0.25) is 0 Å². The van der Waals surface area contributed by atoms with Gasteiger partial charge in [0.25, 0.3) is 0 Å². The number of pyridine rings is 2. The van der Waals surface area contributed by atoms with Crippen LogP contribution in [0.2, 0.25) is 0 Å². The molecule has 0 radical (unpaired) electrons. The van der Waals surface area contributed by atoms with E-state index in [0.717, 1.165) is 0 Å². The van der Waals surface area contributed by atoms with Crippen LogP contribution in [0.5, 0.6) is 5.75 Å². The van der Waals surface area contributed by atoms with Gasteiger partial charge in [-0.2, -0.15) is 0 Å². The fraction of sp³-hybridized carbons (Fsp3) is 0.154. The first-order chi connectivity index (χ1) is 9.22. The van der Waals surface area contributed by atoms with E-state index in [-0.39, 0.29) is 5.56 Å². The van der Waals surface area contributed by atoms with Crippen LogP contribution in [0, 0.1) is 0 Å². The van der Waals surface area contributed by atoms with Gasteiger partial charge in [0.15, 0.2) is 5.75 Å². The van der Waals surface area contributed by atoms with Crippen LogP contribution >= 0.6 is 11.8 Å². The summed E-state index contributed by atoms with van der Waals surface area (Å²) in [5, 5.41) is 10.1. The lowest BCUT2D eigenvalue weighted by Gasteiger charge is -2.08. The van der Waals surface area contributed by atoms with Crippen molar-refractivity contribution in [3.63, 3.8) is 0 Å². The van der Waals surface area contributed by atoms with E-state index < -0.39 is 5.97 Å². The molecule has 98 valence electrons. The predicted octanol–water partition coefficient (Wildman–Crippen LogP) is 2.72. The SMILES string of the molecule is CCOc1cccnc1Sc1ncccc1C(=O)O. The van der Waals surface area contributed by atoms with Crippen molar-refractivity contribution in [2.75, 3.05) is 6.61 Å². The van der Waals surface area contributed by atoms with E-state index in [0.29, 0.717) is 22.4 Å². The molecule has 0 unspecified atom stereocenters. The third kappa shape index (κ3) is 3.23. The van der Waals surface area contributed by atoms with Gasteiger partial charge in [0, 0.05) is 12.4 Å². The van der Waals surface area contributed by atoms with Crippen molar-refractivity contribution >= 4 is 17.7 Å². The Hall–Kier alpha value is -2.08. The minimum atomic E-state index is -1.01. The number of hydrogen-bond acceptors (Lipinski definition) is 5. The van der Waals surface area contributed by atoms with E-state index in [1.165, 1.54) is 17.8 Å². The first-order valence-electron chi connectivity index (χ1n) is 5.66. The third-order valence-corrected chi connectivity index (χ3v) is 3.25. The smallest absolute Gasteiger partial charge is 0.338 e. The second-order valence-electron chi connectivity index (χ2n) is 3.50. The average Bonchev–Trinajstić information content (AvgIpc) is 2.42. The fourth-order valence-corrected chi connectivity index (χ4v) is 2.35. The normalized spacial score (nSPS) is 10.2.